The quantitative estimate of drug-likeness (QED) is 0.788. The topological polar surface area (TPSA) is 78.8 Å². The van der Waals surface area contributed by atoms with Crippen molar-refractivity contribution < 1.29 is 19.7 Å². The van der Waals surface area contributed by atoms with E-state index in [-0.39, 0.29) is 17.7 Å². The summed E-state index contributed by atoms with van der Waals surface area (Å²) in [6.07, 6.45) is 3.26. The van der Waals surface area contributed by atoms with E-state index < -0.39 is 5.97 Å². The molecule has 1 saturated carbocycles. The van der Waals surface area contributed by atoms with Gasteiger partial charge in [-0.15, -0.1) is 0 Å². The highest BCUT2D eigenvalue weighted by Gasteiger charge is 2.30. The molecule has 5 nitrogen and oxygen atoms in total. The van der Waals surface area contributed by atoms with Gasteiger partial charge in [-0.3, -0.25) is 4.79 Å². The maximum absolute atomic E-state index is 10.9. The Morgan fingerprint density at radius 3 is 2.70 bits per heavy atom. The summed E-state index contributed by atoms with van der Waals surface area (Å²) in [5, 5.41) is 22.0. The minimum atomic E-state index is -0.673. The van der Waals surface area contributed by atoms with E-state index in [2.05, 4.69) is 5.32 Å². The molecule has 1 aliphatic heterocycles. The molecule has 1 heterocycles. The number of carboxylic acids is 1. The molecule has 1 fully saturated rings. The van der Waals surface area contributed by atoms with Gasteiger partial charge in [-0.1, -0.05) is 0 Å². The molecule has 1 aromatic carbocycles. The number of fused-ring (bicyclic) bond motifs is 1. The van der Waals surface area contributed by atoms with Crippen molar-refractivity contribution in [2.45, 2.75) is 37.8 Å². The van der Waals surface area contributed by atoms with Gasteiger partial charge in [0.05, 0.1) is 12.0 Å². The first kappa shape index (κ1) is 13.2. The van der Waals surface area contributed by atoms with Crippen molar-refractivity contribution in [1.82, 2.24) is 5.32 Å². The van der Waals surface area contributed by atoms with Crippen LogP contribution in [0.4, 0.5) is 0 Å². The first-order valence-electron chi connectivity index (χ1n) is 7.08. The van der Waals surface area contributed by atoms with Crippen molar-refractivity contribution in [3.05, 3.63) is 23.8 Å². The van der Waals surface area contributed by atoms with Crippen LogP contribution >= 0.6 is 0 Å². The van der Waals surface area contributed by atoms with Crippen molar-refractivity contribution in [3.8, 4) is 11.5 Å². The highest BCUT2D eigenvalue weighted by atomic mass is 16.5. The number of nitrogens with one attached hydrogen (secondary N) is 1. The number of hydrogen-bond donors (Lipinski definition) is 3. The average Bonchev–Trinajstić information content (AvgIpc) is 2.81. The molecular weight excluding hydrogens is 258 g/mol. The van der Waals surface area contributed by atoms with Crippen molar-refractivity contribution in [2.24, 2.45) is 5.92 Å². The fraction of sp³-hybridized carbons (Fsp3) is 0.533. The number of carboxylic acid groups (broad SMARTS) is 1. The highest BCUT2D eigenvalue weighted by Crippen LogP contribution is 2.36. The van der Waals surface area contributed by atoms with Crippen LogP contribution in [0.25, 0.3) is 0 Å². The van der Waals surface area contributed by atoms with Crippen molar-refractivity contribution in [1.29, 1.82) is 0 Å². The molecule has 1 unspecified atom stereocenters. The predicted octanol–water partition coefficient (Wildman–Crippen LogP) is 2.06. The van der Waals surface area contributed by atoms with E-state index in [1.54, 1.807) is 12.1 Å². The Kier molecular flexibility index (Phi) is 3.53. The van der Waals surface area contributed by atoms with Crippen molar-refractivity contribution in [2.75, 3.05) is 6.61 Å². The number of aromatic hydroxyl groups is 1. The summed E-state index contributed by atoms with van der Waals surface area (Å²) >= 11 is 0. The summed E-state index contributed by atoms with van der Waals surface area (Å²) in [5.41, 5.74) is 1.07. The monoisotopic (exact) mass is 277 g/mol. The molecule has 1 aliphatic carbocycles. The van der Waals surface area contributed by atoms with E-state index in [4.69, 9.17) is 9.84 Å². The molecule has 3 N–H and O–H groups in total. The second-order valence-electron chi connectivity index (χ2n) is 5.64. The van der Waals surface area contributed by atoms with Gasteiger partial charge >= 0.3 is 5.97 Å². The summed E-state index contributed by atoms with van der Waals surface area (Å²) in [6.45, 7) is 0.567. The maximum atomic E-state index is 10.9. The molecule has 20 heavy (non-hydrogen) atoms. The zero-order valence-corrected chi connectivity index (χ0v) is 11.2. The van der Waals surface area contributed by atoms with Crippen LogP contribution in [-0.4, -0.2) is 28.8 Å². The number of ether oxygens (including phenoxy) is 1. The molecule has 2 aliphatic rings. The predicted molar refractivity (Wildman–Crippen MR) is 72.9 cm³/mol. The summed E-state index contributed by atoms with van der Waals surface area (Å²) in [6, 6.07) is 5.68. The zero-order chi connectivity index (χ0) is 14.1. The fourth-order valence-corrected chi connectivity index (χ4v) is 3.13. The van der Waals surface area contributed by atoms with Crippen molar-refractivity contribution >= 4 is 5.97 Å². The normalized spacial score (nSPS) is 28.7. The minimum absolute atomic E-state index is 0.136. The van der Waals surface area contributed by atoms with Gasteiger partial charge in [-0.05, 0) is 37.8 Å². The summed E-state index contributed by atoms with van der Waals surface area (Å²) in [7, 11) is 0. The number of benzene rings is 1. The van der Waals surface area contributed by atoms with Gasteiger partial charge in [0.15, 0.2) is 0 Å². The molecule has 0 aromatic heterocycles. The van der Waals surface area contributed by atoms with Gasteiger partial charge < -0.3 is 20.3 Å². The molecule has 0 radical (unpaired) electrons. The Hall–Kier alpha value is -1.75. The highest BCUT2D eigenvalue weighted by molar-refractivity contribution is 5.70. The van der Waals surface area contributed by atoms with E-state index in [0.29, 0.717) is 12.6 Å². The van der Waals surface area contributed by atoms with Gasteiger partial charge in [0.2, 0.25) is 0 Å². The van der Waals surface area contributed by atoms with E-state index >= 15 is 0 Å². The second kappa shape index (κ2) is 5.32. The third kappa shape index (κ3) is 2.58. The Morgan fingerprint density at radius 2 is 2.00 bits per heavy atom. The van der Waals surface area contributed by atoms with E-state index in [9.17, 15) is 9.90 Å². The number of hydrogen-bond acceptors (Lipinski definition) is 4. The molecule has 1 aromatic rings. The van der Waals surface area contributed by atoms with Gasteiger partial charge in [0.25, 0.3) is 0 Å². The summed E-state index contributed by atoms with van der Waals surface area (Å²) < 4.78 is 5.58. The van der Waals surface area contributed by atoms with Gasteiger partial charge in [-0.25, -0.2) is 0 Å². The molecular formula is C15H19NO4. The smallest absolute Gasteiger partial charge is 0.306 e. The zero-order valence-electron chi connectivity index (χ0n) is 11.2. The SMILES string of the molecule is O=C(O)C1CCC(NC2COc3cc(O)ccc32)CC1. The number of carbonyl (C=O) groups is 1. The third-order valence-corrected chi connectivity index (χ3v) is 4.29. The second-order valence-corrected chi connectivity index (χ2v) is 5.64. The lowest BCUT2D eigenvalue weighted by Gasteiger charge is -2.29. The van der Waals surface area contributed by atoms with Crippen LogP contribution < -0.4 is 10.1 Å². The fourth-order valence-electron chi connectivity index (χ4n) is 3.13. The molecule has 5 heteroatoms. The number of rotatable bonds is 3. The molecule has 0 saturated heterocycles. The average molecular weight is 277 g/mol. The van der Waals surface area contributed by atoms with E-state index in [0.717, 1.165) is 37.0 Å². The van der Waals surface area contributed by atoms with Crippen LogP contribution in [-0.2, 0) is 4.79 Å². The number of phenolic OH excluding ortho intramolecular Hbond substituents is 1. The summed E-state index contributed by atoms with van der Waals surface area (Å²) in [4.78, 5) is 10.9. The Bertz CT molecular complexity index is 509. The molecule has 3 rings (SSSR count). The molecule has 1 atom stereocenters. The van der Waals surface area contributed by atoms with Crippen LogP contribution in [0.2, 0.25) is 0 Å². The van der Waals surface area contributed by atoms with Crippen LogP contribution in [0.3, 0.4) is 0 Å². The van der Waals surface area contributed by atoms with Crippen molar-refractivity contribution in [3.63, 3.8) is 0 Å². The van der Waals surface area contributed by atoms with Gasteiger partial charge in [0.1, 0.15) is 18.1 Å². The number of aliphatic carboxylic acids is 1. The van der Waals surface area contributed by atoms with Crippen LogP contribution in [0.15, 0.2) is 18.2 Å². The molecule has 0 bridgehead atoms. The lowest BCUT2D eigenvalue weighted by molar-refractivity contribution is -0.142. The minimum Gasteiger partial charge on any atom is -0.508 e. The first-order valence-corrected chi connectivity index (χ1v) is 7.08. The Morgan fingerprint density at radius 1 is 1.25 bits per heavy atom. The van der Waals surface area contributed by atoms with Crippen LogP contribution in [0.5, 0.6) is 11.5 Å². The summed E-state index contributed by atoms with van der Waals surface area (Å²) in [5.74, 6) is 0.0960. The van der Waals surface area contributed by atoms with Gasteiger partial charge in [-0.2, -0.15) is 0 Å². The lowest BCUT2D eigenvalue weighted by Crippen LogP contribution is -2.37. The molecule has 0 spiro atoms. The van der Waals surface area contributed by atoms with Crippen LogP contribution in [0.1, 0.15) is 37.3 Å². The van der Waals surface area contributed by atoms with Gasteiger partial charge in [0, 0.05) is 17.7 Å². The standard InChI is InChI=1S/C15H19NO4/c17-11-5-6-12-13(8-20-14(12)7-11)16-10-3-1-9(2-4-10)15(18)19/h5-7,9-10,13,16-17H,1-4,8H2,(H,18,19). The van der Waals surface area contributed by atoms with E-state index in [1.165, 1.54) is 0 Å². The lowest BCUT2D eigenvalue weighted by atomic mass is 9.85. The molecule has 108 valence electrons. The largest absolute Gasteiger partial charge is 0.508 e. The van der Waals surface area contributed by atoms with Crippen LogP contribution in [0, 0.1) is 5.92 Å². The Labute approximate surface area is 117 Å². The van der Waals surface area contributed by atoms with E-state index in [1.807, 2.05) is 6.07 Å². The first-order chi connectivity index (χ1) is 9.63. The number of phenols is 1. The maximum Gasteiger partial charge on any atom is 0.306 e. The third-order valence-electron chi connectivity index (χ3n) is 4.29. The Balaban J connectivity index is 1.60. The molecule has 0 amide bonds.